The summed E-state index contributed by atoms with van der Waals surface area (Å²) < 4.78 is 28.1. The summed E-state index contributed by atoms with van der Waals surface area (Å²) in [6, 6.07) is 6.60. The van der Waals surface area contributed by atoms with Crippen molar-refractivity contribution in [2.24, 2.45) is 5.73 Å². The van der Waals surface area contributed by atoms with E-state index in [0.29, 0.717) is 25.3 Å². The van der Waals surface area contributed by atoms with Gasteiger partial charge in [0.05, 0.1) is 6.61 Å². The lowest BCUT2D eigenvalue weighted by molar-refractivity contribution is 0.305. The number of nitrogens with two attached hydrogens (primary N) is 1. The molecule has 0 saturated carbocycles. The SMILES string of the molecule is CS(=O)(=O)c1ccccc1OCCCN. The monoisotopic (exact) mass is 229 g/mol. The Morgan fingerprint density at radius 2 is 2.00 bits per heavy atom. The van der Waals surface area contributed by atoms with Gasteiger partial charge < -0.3 is 10.5 Å². The summed E-state index contributed by atoms with van der Waals surface area (Å²) in [6.45, 7) is 0.962. The van der Waals surface area contributed by atoms with Gasteiger partial charge in [0.2, 0.25) is 0 Å². The summed E-state index contributed by atoms with van der Waals surface area (Å²) in [5.74, 6) is 0.397. The Kier molecular flexibility index (Phi) is 4.11. The Hall–Kier alpha value is -1.07. The van der Waals surface area contributed by atoms with Crippen molar-refractivity contribution in [3.63, 3.8) is 0 Å². The molecule has 0 saturated heterocycles. The molecule has 4 nitrogen and oxygen atoms in total. The Bertz CT molecular complexity index is 414. The van der Waals surface area contributed by atoms with Gasteiger partial charge in [-0.25, -0.2) is 8.42 Å². The van der Waals surface area contributed by atoms with E-state index in [4.69, 9.17) is 10.5 Å². The number of hydrogen-bond donors (Lipinski definition) is 1. The van der Waals surface area contributed by atoms with Gasteiger partial charge in [0.25, 0.3) is 0 Å². The first-order chi connectivity index (χ1) is 7.05. The smallest absolute Gasteiger partial charge is 0.179 e. The van der Waals surface area contributed by atoms with Crippen molar-refractivity contribution < 1.29 is 13.2 Å². The van der Waals surface area contributed by atoms with E-state index in [2.05, 4.69) is 0 Å². The van der Waals surface area contributed by atoms with Gasteiger partial charge in [0.1, 0.15) is 10.6 Å². The molecule has 1 aromatic carbocycles. The number of sulfone groups is 1. The number of rotatable bonds is 5. The minimum Gasteiger partial charge on any atom is -0.492 e. The van der Waals surface area contributed by atoms with Crippen molar-refractivity contribution in [2.75, 3.05) is 19.4 Å². The molecule has 0 bridgehead atoms. The summed E-state index contributed by atoms with van der Waals surface area (Å²) in [5, 5.41) is 0. The molecule has 5 heteroatoms. The van der Waals surface area contributed by atoms with Gasteiger partial charge in [-0.2, -0.15) is 0 Å². The average molecular weight is 229 g/mol. The van der Waals surface area contributed by atoms with Gasteiger partial charge in [-0.15, -0.1) is 0 Å². The molecule has 0 fully saturated rings. The van der Waals surface area contributed by atoms with Crippen molar-refractivity contribution in [3.05, 3.63) is 24.3 Å². The zero-order chi connectivity index (χ0) is 11.3. The predicted molar refractivity (Wildman–Crippen MR) is 58.7 cm³/mol. The highest BCUT2D eigenvalue weighted by Gasteiger charge is 2.12. The third-order valence-corrected chi connectivity index (χ3v) is 2.99. The fourth-order valence-corrected chi connectivity index (χ4v) is 1.96. The van der Waals surface area contributed by atoms with E-state index in [1.165, 1.54) is 6.07 Å². The molecule has 2 N–H and O–H groups in total. The maximum Gasteiger partial charge on any atom is 0.179 e. The molecule has 0 radical (unpaired) electrons. The number of para-hydroxylation sites is 1. The molecule has 0 aliphatic carbocycles. The van der Waals surface area contributed by atoms with Crippen LogP contribution in [0.2, 0.25) is 0 Å². The number of hydrogen-bond acceptors (Lipinski definition) is 4. The van der Waals surface area contributed by atoms with Gasteiger partial charge in [-0.05, 0) is 25.1 Å². The topological polar surface area (TPSA) is 69.4 Å². The van der Waals surface area contributed by atoms with Crippen LogP contribution in [0.5, 0.6) is 5.75 Å². The largest absolute Gasteiger partial charge is 0.492 e. The van der Waals surface area contributed by atoms with E-state index >= 15 is 0 Å². The molecule has 84 valence electrons. The van der Waals surface area contributed by atoms with Crippen molar-refractivity contribution in [1.82, 2.24) is 0 Å². The molecule has 0 unspecified atom stereocenters. The Labute approximate surface area is 90.0 Å². The molecular formula is C10H15NO3S. The minimum atomic E-state index is -3.23. The van der Waals surface area contributed by atoms with Crippen molar-refractivity contribution >= 4 is 9.84 Å². The first kappa shape index (κ1) is 12.0. The minimum absolute atomic E-state index is 0.224. The maximum atomic E-state index is 11.4. The normalized spacial score (nSPS) is 11.3. The van der Waals surface area contributed by atoms with Crippen LogP contribution in [-0.2, 0) is 9.84 Å². The predicted octanol–water partition coefficient (Wildman–Crippen LogP) is 0.818. The summed E-state index contributed by atoms with van der Waals surface area (Å²) in [4.78, 5) is 0.224. The van der Waals surface area contributed by atoms with E-state index in [1.54, 1.807) is 18.2 Å². The van der Waals surface area contributed by atoms with Crippen LogP contribution in [0.3, 0.4) is 0 Å². The molecule has 0 atom stereocenters. The fraction of sp³-hybridized carbons (Fsp3) is 0.400. The highest BCUT2D eigenvalue weighted by Crippen LogP contribution is 2.22. The summed E-state index contributed by atoms with van der Waals surface area (Å²) in [7, 11) is -3.23. The second kappa shape index (κ2) is 5.14. The second-order valence-electron chi connectivity index (χ2n) is 3.21. The lowest BCUT2D eigenvalue weighted by Crippen LogP contribution is -2.08. The number of benzene rings is 1. The fourth-order valence-electron chi connectivity index (χ4n) is 1.14. The number of ether oxygens (including phenoxy) is 1. The lowest BCUT2D eigenvalue weighted by atomic mass is 10.3. The second-order valence-corrected chi connectivity index (χ2v) is 5.19. The molecule has 0 amide bonds. The molecule has 15 heavy (non-hydrogen) atoms. The van der Waals surface area contributed by atoms with Crippen LogP contribution < -0.4 is 10.5 Å². The van der Waals surface area contributed by atoms with Crippen LogP contribution in [0.1, 0.15) is 6.42 Å². The van der Waals surface area contributed by atoms with E-state index in [9.17, 15) is 8.42 Å². The molecule has 0 spiro atoms. The molecule has 0 aromatic heterocycles. The Morgan fingerprint density at radius 3 is 2.60 bits per heavy atom. The standard InChI is InChI=1S/C10H15NO3S/c1-15(12,13)10-6-3-2-5-9(10)14-8-4-7-11/h2-3,5-6H,4,7-8,11H2,1H3. The van der Waals surface area contributed by atoms with E-state index in [0.717, 1.165) is 6.26 Å². The van der Waals surface area contributed by atoms with Gasteiger partial charge in [0.15, 0.2) is 9.84 Å². The van der Waals surface area contributed by atoms with Crippen molar-refractivity contribution in [2.45, 2.75) is 11.3 Å². The molecule has 0 aliphatic heterocycles. The van der Waals surface area contributed by atoms with Crippen LogP contribution in [0.25, 0.3) is 0 Å². The highest BCUT2D eigenvalue weighted by molar-refractivity contribution is 7.90. The van der Waals surface area contributed by atoms with Crippen LogP contribution in [0.15, 0.2) is 29.2 Å². The first-order valence-corrected chi connectivity index (χ1v) is 6.57. The van der Waals surface area contributed by atoms with Gasteiger partial charge >= 0.3 is 0 Å². The molecule has 0 heterocycles. The van der Waals surface area contributed by atoms with Gasteiger partial charge in [0, 0.05) is 6.26 Å². The zero-order valence-corrected chi connectivity index (χ0v) is 9.46. The van der Waals surface area contributed by atoms with Crippen LogP contribution >= 0.6 is 0 Å². The average Bonchev–Trinajstić information content (AvgIpc) is 2.17. The van der Waals surface area contributed by atoms with Crippen molar-refractivity contribution in [3.8, 4) is 5.75 Å². The van der Waals surface area contributed by atoms with Crippen LogP contribution in [0.4, 0.5) is 0 Å². The van der Waals surface area contributed by atoms with Gasteiger partial charge in [-0.3, -0.25) is 0 Å². The first-order valence-electron chi connectivity index (χ1n) is 4.67. The molecular weight excluding hydrogens is 214 g/mol. The Morgan fingerprint density at radius 1 is 1.33 bits per heavy atom. The third-order valence-electron chi connectivity index (χ3n) is 1.85. The van der Waals surface area contributed by atoms with E-state index < -0.39 is 9.84 Å². The summed E-state index contributed by atoms with van der Waals surface area (Å²) >= 11 is 0. The summed E-state index contributed by atoms with van der Waals surface area (Å²) in [5.41, 5.74) is 5.32. The van der Waals surface area contributed by atoms with E-state index in [1.807, 2.05) is 0 Å². The maximum absolute atomic E-state index is 11.4. The highest BCUT2D eigenvalue weighted by atomic mass is 32.2. The Balaban J connectivity index is 2.88. The zero-order valence-electron chi connectivity index (χ0n) is 8.64. The molecule has 0 aliphatic rings. The quantitative estimate of drug-likeness (QED) is 0.759. The molecule has 1 aromatic rings. The molecule has 1 rings (SSSR count). The third kappa shape index (κ3) is 3.53. The lowest BCUT2D eigenvalue weighted by Gasteiger charge is -2.09. The van der Waals surface area contributed by atoms with Gasteiger partial charge in [-0.1, -0.05) is 12.1 Å². The summed E-state index contributed by atoms with van der Waals surface area (Å²) in [6.07, 6.45) is 1.87. The van der Waals surface area contributed by atoms with Crippen molar-refractivity contribution in [1.29, 1.82) is 0 Å². The van der Waals surface area contributed by atoms with E-state index in [-0.39, 0.29) is 4.90 Å². The van der Waals surface area contributed by atoms with Crippen LogP contribution in [0, 0.1) is 0 Å². The van der Waals surface area contributed by atoms with Crippen LogP contribution in [-0.4, -0.2) is 27.8 Å².